The van der Waals surface area contributed by atoms with Crippen LogP contribution in [0.5, 0.6) is 0 Å². The third kappa shape index (κ3) is 3.13. The summed E-state index contributed by atoms with van der Waals surface area (Å²) < 4.78 is 0. The minimum atomic E-state index is -0.118. The lowest BCUT2D eigenvalue weighted by atomic mass is 10.0. The van der Waals surface area contributed by atoms with Crippen LogP contribution >= 0.6 is 0 Å². The molecule has 0 saturated heterocycles. The van der Waals surface area contributed by atoms with Gasteiger partial charge in [0.05, 0.1) is 5.52 Å². The lowest BCUT2D eigenvalue weighted by molar-refractivity contribution is 0.0951. The third-order valence-corrected chi connectivity index (χ3v) is 5.37. The number of hydrogen-bond acceptors (Lipinski definition) is 6. The van der Waals surface area contributed by atoms with E-state index in [2.05, 4.69) is 25.6 Å². The maximum Gasteiger partial charge on any atom is 0.251 e. The quantitative estimate of drug-likeness (QED) is 0.364. The second-order valence-corrected chi connectivity index (χ2v) is 7.27. The Labute approximate surface area is 166 Å². The van der Waals surface area contributed by atoms with Gasteiger partial charge in [0, 0.05) is 53.6 Å². The first-order valence-electron chi connectivity index (χ1n) is 9.52. The number of nitrogens with one attached hydrogen (secondary N) is 3. The van der Waals surface area contributed by atoms with Crippen molar-refractivity contribution in [2.75, 3.05) is 18.0 Å². The number of carbonyl (C=O) groups is 1. The van der Waals surface area contributed by atoms with Crippen molar-refractivity contribution < 1.29 is 4.79 Å². The number of nitrogen functional groups attached to an aromatic ring is 2. The molecule has 1 amide bonds. The van der Waals surface area contributed by atoms with E-state index in [-0.39, 0.29) is 11.9 Å². The number of aromatic nitrogens is 3. The molecule has 4 aromatic rings. The Morgan fingerprint density at radius 2 is 2.00 bits per heavy atom. The minimum Gasteiger partial charge on any atom is -0.383 e. The molecule has 8 nitrogen and oxygen atoms in total. The molecular weight excluding hydrogens is 366 g/mol. The van der Waals surface area contributed by atoms with Crippen molar-refractivity contribution in [1.29, 1.82) is 0 Å². The zero-order chi connectivity index (χ0) is 20.0. The Kier molecular flexibility index (Phi) is 4.06. The molecule has 29 heavy (non-hydrogen) atoms. The second kappa shape index (κ2) is 6.75. The Hall–Kier alpha value is -3.65. The van der Waals surface area contributed by atoms with Gasteiger partial charge in [-0.1, -0.05) is 6.07 Å². The highest BCUT2D eigenvalue weighted by Gasteiger charge is 2.16. The molecule has 0 radical (unpaired) electrons. The minimum absolute atomic E-state index is 0.118. The topological polar surface area (TPSA) is 135 Å². The summed E-state index contributed by atoms with van der Waals surface area (Å²) in [6, 6.07) is 11.4. The molecule has 0 unspecified atom stereocenters. The van der Waals surface area contributed by atoms with Crippen molar-refractivity contribution in [2.24, 2.45) is 0 Å². The molecule has 3 heterocycles. The summed E-state index contributed by atoms with van der Waals surface area (Å²) in [5, 5.41) is 8.21. The molecule has 2 aromatic heterocycles. The molecule has 0 spiro atoms. The van der Waals surface area contributed by atoms with E-state index in [1.165, 1.54) is 11.3 Å². The number of nitrogens with zero attached hydrogens (tertiary/aromatic N) is 2. The molecule has 146 valence electrons. The number of aromatic amines is 1. The summed E-state index contributed by atoms with van der Waals surface area (Å²) in [6.07, 6.45) is 0.978. The van der Waals surface area contributed by atoms with Gasteiger partial charge in [0.15, 0.2) is 0 Å². The van der Waals surface area contributed by atoms with Crippen LogP contribution in [0, 0.1) is 0 Å². The van der Waals surface area contributed by atoms with Crippen molar-refractivity contribution in [2.45, 2.75) is 19.5 Å². The Morgan fingerprint density at radius 1 is 1.10 bits per heavy atom. The Morgan fingerprint density at radius 3 is 2.90 bits per heavy atom. The summed E-state index contributed by atoms with van der Waals surface area (Å²) in [5.74, 6) is 0.363. The maximum atomic E-state index is 12.7. The highest BCUT2D eigenvalue weighted by Crippen LogP contribution is 2.26. The average Bonchev–Trinajstić information content (AvgIpc) is 3.09. The van der Waals surface area contributed by atoms with E-state index in [0.717, 1.165) is 41.4 Å². The van der Waals surface area contributed by atoms with E-state index in [1.54, 1.807) is 0 Å². The van der Waals surface area contributed by atoms with Gasteiger partial charge in [0.25, 0.3) is 5.91 Å². The van der Waals surface area contributed by atoms with Crippen molar-refractivity contribution in [3.63, 3.8) is 0 Å². The predicted octanol–water partition coefficient (Wildman–Crippen LogP) is 1.85. The highest BCUT2D eigenvalue weighted by atomic mass is 16.1. The molecule has 0 fully saturated rings. The van der Waals surface area contributed by atoms with E-state index in [1.807, 2.05) is 36.4 Å². The number of anilines is 2. The van der Waals surface area contributed by atoms with Gasteiger partial charge < -0.3 is 27.1 Å². The van der Waals surface area contributed by atoms with E-state index in [9.17, 15) is 4.79 Å². The number of rotatable bonds is 3. The van der Waals surface area contributed by atoms with Gasteiger partial charge in [-0.15, -0.1) is 0 Å². The highest BCUT2D eigenvalue weighted by molar-refractivity contribution is 5.99. The molecule has 2 aromatic carbocycles. The number of benzene rings is 2. The first-order valence-corrected chi connectivity index (χ1v) is 9.52. The smallest absolute Gasteiger partial charge is 0.251 e. The summed E-state index contributed by atoms with van der Waals surface area (Å²) in [4.78, 5) is 24.4. The standard InChI is InChI=1S/C21H21N7O/c22-19-13-3-1-11(7-18(13)27-21(23)28-19)9-25-20(29)12-2-4-16-14(8-12)15-10-24-6-5-17(15)26-16/h1-4,7-8,24,26H,5-6,9-10H2,(H,25,29)(H4,22,23,27,28). The number of fused-ring (bicyclic) bond motifs is 4. The number of carbonyl (C=O) groups excluding carboxylic acids is 1. The van der Waals surface area contributed by atoms with Crippen molar-refractivity contribution in [3.8, 4) is 0 Å². The van der Waals surface area contributed by atoms with Gasteiger partial charge in [-0.3, -0.25) is 4.79 Å². The molecule has 0 saturated carbocycles. The van der Waals surface area contributed by atoms with Crippen LogP contribution in [0.1, 0.15) is 27.2 Å². The van der Waals surface area contributed by atoms with Crippen molar-refractivity contribution in [3.05, 3.63) is 58.8 Å². The molecule has 5 rings (SSSR count). The van der Waals surface area contributed by atoms with Crippen LogP contribution in [0.4, 0.5) is 11.8 Å². The first-order chi connectivity index (χ1) is 14.1. The van der Waals surface area contributed by atoms with Gasteiger partial charge in [-0.05, 0) is 41.5 Å². The second-order valence-electron chi connectivity index (χ2n) is 7.27. The number of nitrogens with two attached hydrogens (primary N) is 2. The fourth-order valence-electron chi connectivity index (χ4n) is 3.90. The van der Waals surface area contributed by atoms with Gasteiger partial charge in [0.1, 0.15) is 5.82 Å². The number of H-pyrrole nitrogens is 1. The van der Waals surface area contributed by atoms with Crippen LogP contribution in [0.2, 0.25) is 0 Å². The summed E-state index contributed by atoms with van der Waals surface area (Å²) in [7, 11) is 0. The molecule has 1 aliphatic heterocycles. The zero-order valence-electron chi connectivity index (χ0n) is 15.7. The predicted molar refractivity (Wildman–Crippen MR) is 113 cm³/mol. The van der Waals surface area contributed by atoms with Crippen LogP contribution in [-0.4, -0.2) is 27.4 Å². The van der Waals surface area contributed by atoms with Gasteiger partial charge in [-0.25, -0.2) is 4.98 Å². The van der Waals surface area contributed by atoms with Gasteiger partial charge in [-0.2, -0.15) is 4.98 Å². The normalized spacial score (nSPS) is 13.5. The molecule has 8 heteroatoms. The molecule has 1 aliphatic rings. The monoisotopic (exact) mass is 387 g/mol. The average molecular weight is 387 g/mol. The molecule has 0 atom stereocenters. The Balaban J connectivity index is 1.37. The maximum absolute atomic E-state index is 12.7. The van der Waals surface area contributed by atoms with Crippen LogP contribution in [0.15, 0.2) is 36.4 Å². The van der Waals surface area contributed by atoms with Crippen molar-refractivity contribution in [1.82, 2.24) is 25.6 Å². The van der Waals surface area contributed by atoms with E-state index in [0.29, 0.717) is 23.4 Å². The van der Waals surface area contributed by atoms with Crippen LogP contribution in [0.3, 0.4) is 0 Å². The number of amides is 1. The summed E-state index contributed by atoms with van der Waals surface area (Å²) >= 11 is 0. The molecule has 0 aliphatic carbocycles. The molecule has 0 bridgehead atoms. The van der Waals surface area contributed by atoms with Crippen LogP contribution in [0.25, 0.3) is 21.8 Å². The lowest BCUT2D eigenvalue weighted by Crippen LogP contribution is -2.23. The van der Waals surface area contributed by atoms with Gasteiger partial charge in [0.2, 0.25) is 5.95 Å². The first kappa shape index (κ1) is 17.4. The fourth-order valence-corrected chi connectivity index (χ4v) is 3.90. The zero-order valence-corrected chi connectivity index (χ0v) is 15.7. The van der Waals surface area contributed by atoms with Crippen LogP contribution in [-0.2, 0) is 19.5 Å². The SMILES string of the molecule is Nc1nc(N)c2ccc(CNC(=O)c3ccc4[nH]c5c(c4c3)CNCC5)cc2n1. The lowest BCUT2D eigenvalue weighted by Gasteiger charge is -2.12. The van der Waals surface area contributed by atoms with Crippen LogP contribution < -0.4 is 22.1 Å². The number of hydrogen-bond donors (Lipinski definition) is 5. The van der Waals surface area contributed by atoms with Gasteiger partial charge >= 0.3 is 0 Å². The summed E-state index contributed by atoms with van der Waals surface area (Å²) in [5.41, 5.74) is 17.4. The van der Waals surface area contributed by atoms with E-state index < -0.39 is 0 Å². The molecular formula is C21H21N7O. The molecule has 7 N–H and O–H groups in total. The van der Waals surface area contributed by atoms with E-state index >= 15 is 0 Å². The van der Waals surface area contributed by atoms with Crippen molar-refractivity contribution >= 4 is 39.5 Å². The third-order valence-electron chi connectivity index (χ3n) is 5.37. The fraction of sp³-hybridized carbons (Fsp3) is 0.190. The Bertz CT molecular complexity index is 1260. The summed E-state index contributed by atoms with van der Waals surface area (Å²) in [6.45, 7) is 2.18. The van der Waals surface area contributed by atoms with E-state index in [4.69, 9.17) is 11.5 Å². The largest absolute Gasteiger partial charge is 0.383 e.